The lowest BCUT2D eigenvalue weighted by atomic mass is 10.2. The molecule has 0 saturated carbocycles. The fourth-order valence-corrected chi connectivity index (χ4v) is 2.91. The van der Waals surface area contributed by atoms with Gasteiger partial charge in [-0.15, -0.1) is 0 Å². The number of halogens is 1. The van der Waals surface area contributed by atoms with E-state index in [1.54, 1.807) is 0 Å². The highest BCUT2D eigenvalue weighted by Crippen LogP contribution is 2.30. The lowest BCUT2D eigenvalue weighted by molar-refractivity contribution is 0.0606. The summed E-state index contributed by atoms with van der Waals surface area (Å²) >= 11 is 7.31. The van der Waals surface area contributed by atoms with Gasteiger partial charge in [0.1, 0.15) is 0 Å². The van der Waals surface area contributed by atoms with Crippen molar-refractivity contribution in [1.29, 1.82) is 0 Å². The number of carbonyl (C=O) groups is 1. The van der Waals surface area contributed by atoms with Gasteiger partial charge in [0.2, 0.25) is 0 Å². The number of thiazole rings is 1. The van der Waals surface area contributed by atoms with Gasteiger partial charge in [-0.25, -0.2) is 9.78 Å². The van der Waals surface area contributed by atoms with Crippen molar-refractivity contribution in [2.75, 3.05) is 45.7 Å². The highest BCUT2D eigenvalue weighted by molar-refractivity contribution is 7.18. The number of anilines is 1. The van der Waals surface area contributed by atoms with E-state index < -0.39 is 5.97 Å². The highest BCUT2D eigenvalue weighted by Gasteiger charge is 2.21. The molecule has 1 aromatic heterocycles. The van der Waals surface area contributed by atoms with E-state index in [1.807, 2.05) is 14.1 Å². The molecule has 0 fully saturated rings. The molecule has 0 radical (unpaired) electrons. The van der Waals surface area contributed by atoms with Crippen LogP contribution in [-0.2, 0) is 4.74 Å². The van der Waals surface area contributed by atoms with Crippen LogP contribution in [0.5, 0.6) is 0 Å². The predicted molar refractivity (Wildman–Crippen MR) is 84.1 cm³/mol. The molecule has 0 spiro atoms. The molecule has 1 heterocycles. The summed E-state index contributed by atoms with van der Waals surface area (Å²) in [7, 11) is 5.40. The van der Waals surface area contributed by atoms with Crippen molar-refractivity contribution in [2.45, 2.75) is 13.8 Å². The van der Waals surface area contributed by atoms with Crippen LogP contribution in [0, 0.1) is 5.92 Å². The summed E-state index contributed by atoms with van der Waals surface area (Å²) in [6.45, 7) is 6.93. The summed E-state index contributed by atoms with van der Waals surface area (Å²) in [6, 6.07) is 0. The zero-order valence-electron chi connectivity index (χ0n) is 12.6. The minimum absolute atomic E-state index is 0.218. The van der Waals surface area contributed by atoms with Gasteiger partial charge < -0.3 is 14.5 Å². The Balaban J connectivity index is 2.92. The second kappa shape index (κ2) is 7.81. The van der Waals surface area contributed by atoms with Crippen molar-refractivity contribution in [3.8, 4) is 0 Å². The Kier molecular flexibility index (Phi) is 6.71. The number of hydrogen-bond acceptors (Lipinski definition) is 6. The number of esters is 1. The SMILES string of the molecule is COC(=O)c1sc(N(CCN(C)C)CC(C)C)nc1Cl. The molecule has 0 aromatic carbocycles. The Morgan fingerprint density at radius 2 is 2.05 bits per heavy atom. The molecule has 0 saturated heterocycles. The first-order valence-corrected chi connectivity index (χ1v) is 7.69. The molecule has 20 heavy (non-hydrogen) atoms. The van der Waals surface area contributed by atoms with Gasteiger partial charge in [0, 0.05) is 19.6 Å². The van der Waals surface area contributed by atoms with E-state index in [-0.39, 0.29) is 5.15 Å². The Bertz CT molecular complexity index is 449. The fourth-order valence-electron chi connectivity index (χ4n) is 1.67. The van der Waals surface area contributed by atoms with Gasteiger partial charge in [0.15, 0.2) is 15.2 Å². The normalized spacial score (nSPS) is 11.2. The van der Waals surface area contributed by atoms with Crippen molar-refractivity contribution in [1.82, 2.24) is 9.88 Å². The number of aromatic nitrogens is 1. The first-order valence-electron chi connectivity index (χ1n) is 6.49. The molecule has 0 aliphatic heterocycles. The molecule has 1 rings (SSSR count). The average molecular weight is 320 g/mol. The molecule has 114 valence electrons. The van der Waals surface area contributed by atoms with Gasteiger partial charge in [-0.2, -0.15) is 0 Å². The molecule has 0 amide bonds. The molecule has 7 heteroatoms. The summed E-state index contributed by atoms with van der Waals surface area (Å²) in [5, 5.41) is 0.987. The van der Waals surface area contributed by atoms with Crippen LogP contribution in [0.2, 0.25) is 5.15 Å². The van der Waals surface area contributed by atoms with E-state index in [2.05, 4.69) is 28.6 Å². The van der Waals surface area contributed by atoms with Crippen LogP contribution >= 0.6 is 22.9 Å². The molecule has 0 aliphatic carbocycles. The molecule has 0 N–H and O–H groups in total. The minimum atomic E-state index is -0.434. The van der Waals surface area contributed by atoms with Crippen LogP contribution < -0.4 is 4.90 Å². The summed E-state index contributed by atoms with van der Waals surface area (Å²) in [5.41, 5.74) is 0. The molecule has 0 bridgehead atoms. The van der Waals surface area contributed by atoms with E-state index in [0.717, 1.165) is 24.8 Å². The van der Waals surface area contributed by atoms with Gasteiger partial charge in [0.25, 0.3) is 0 Å². The number of hydrogen-bond donors (Lipinski definition) is 0. The van der Waals surface area contributed by atoms with Gasteiger partial charge >= 0.3 is 5.97 Å². The maximum Gasteiger partial charge on any atom is 0.351 e. The van der Waals surface area contributed by atoms with E-state index >= 15 is 0 Å². The predicted octanol–water partition coefficient (Wildman–Crippen LogP) is 2.61. The second-order valence-electron chi connectivity index (χ2n) is 5.25. The molecule has 0 aliphatic rings. The van der Waals surface area contributed by atoms with E-state index in [1.165, 1.54) is 18.4 Å². The van der Waals surface area contributed by atoms with Crippen LogP contribution in [-0.4, -0.2) is 56.7 Å². The van der Waals surface area contributed by atoms with E-state index in [9.17, 15) is 4.79 Å². The zero-order chi connectivity index (χ0) is 15.3. The standard InChI is InChI=1S/C13H22ClN3O2S/c1-9(2)8-17(7-6-16(3)4)13-15-11(14)10(20-13)12(18)19-5/h9H,6-8H2,1-5H3. The van der Waals surface area contributed by atoms with E-state index in [4.69, 9.17) is 16.3 Å². The van der Waals surface area contributed by atoms with Crippen molar-refractivity contribution in [3.63, 3.8) is 0 Å². The maximum absolute atomic E-state index is 11.6. The summed E-state index contributed by atoms with van der Waals surface area (Å²) in [5.74, 6) is 0.0669. The maximum atomic E-state index is 11.6. The lowest BCUT2D eigenvalue weighted by Crippen LogP contribution is -2.34. The Morgan fingerprint density at radius 1 is 1.40 bits per heavy atom. The van der Waals surface area contributed by atoms with Crippen LogP contribution in [0.15, 0.2) is 0 Å². The van der Waals surface area contributed by atoms with Crippen molar-refractivity contribution >= 4 is 34.0 Å². The van der Waals surface area contributed by atoms with Gasteiger partial charge in [-0.1, -0.05) is 36.8 Å². The average Bonchev–Trinajstić information content (AvgIpc) is 2.75. The second-order valence-corrected chi connectivity index (χ2v) is 6.59. The van der Waals surface area contributed by atoms with Gasteiger partial charge in [-0.3, -0.25) is 0 Å². The zero-order valence-corrected chi connectivity index (χ0v) is 14.2. The molecule has 1 aromatic rings. The molecule has 0 atom stereocenters. The minimum Gasteiger partial charge on any atom is -0.465 e. The van der Waals surface area contributed by atoms with E-state index in [0.29, 0.717) is 10.8 Å². The number of rotatable bonds is 7. The Labute approximate surface area is 129 Å². The smallest absolute Gasteiger partial charge is 0.351 e. The van der Waals surface area contributed by atoms with Gasteiger partial charge in [0.05, 0.1) is 7.11 Å². The van der Waals surface area contributed by atoms with Crippen LogP contribution in [0.25, 0.3) is 0 Å². The van der Waals surface area contributed by atoms with Gasteiger partial charge in [-0.05, 0) is 20.0 Å². The van der Waals surface area contributed by atoms with Crippen LogP contribution in [0.1, 0.15) is 23.5 Å². The summed E-state index contributed by atoms with van der Waals surface area (Å²) in [4.78, 5) is 20.5. The van der Waals surface area contributed by atoms with Crippen molar-refractivity contribution in [2.24, 2.45) is 5.92 Å². The first-order chi connectivity index (χ1) is 9.35. The van der Waals surface area contributed by atoms with Crippen LogP contribution in [0.4, 0.5) is 5.13 Å². The number of nitrogens with zero attached hydrogens (tertiary/aromatic N) is 3. The monoisotopic (exact) mass is 319 g/mol. The fraction of sp³-hybridized carbons (Fsp3) is 0.692. The largest absolute Gasteiger partial charge is 0.465 e. The molecular formula is C13H22ClN3O2S. The van der Waals surface area contributed by atoms with Crippen LogP contribution in [0.3, 0.4) is 0 Å². The van der Waals surface area contributed by atoms with Crippen molar-refractivity contribution < 1.29 is 9.53 Å². The quantitative estimate of drug-likeness (QED) is 0.723. The Hall–Kier alpha value is -0.850. The third kappa shape index (κ3) is 4.92. The number of ether oxygens (including phenoxy) is 1. The van der Waals surface area contributed by atoms with Crippen molar-refractivity contribution in [3.05, 3.63) is 10.0 Å². The number of likely N-dealkylation sites (N-methyl/N-ethyl adjacent to an activating group) is 1. The first kappa shape index (κ1) is 17.2. The third-order valence-electron chi connectivity index (χ3n) is 2.62. The number of carbonyl (C=O) groups excluding carboxylic acids is 1. The summed E-state index contributed by atoms with van der Waals surface area (Å²) < 4.78 is 4.71. The highest BCUT2D eigenvalue weighted by atomic mass is 35.5. The lowest BCUT2D eigenvalue weighted by Gasteiger charge is -2.25. The molecule has 0 unspecified atom stereocenters. The molecule has 5 nitrogen and oxygen atoms in total. The summed E-state index contributed by atoms with van der Waals surface area (Å²) in [6.07, 6.45) is 0. The Morgan fingerprint density at radius 3 is 2.55 bits per heavy atom. The number of methoxy groups -OCH3 is 1. The third-order valence-corrected chi connectivity index (χ3v) is 4.10. The molecular weight excluding hydrogens is 298 g/mol. The topological polar surface area (TPSA) is 45.7 Å².